The predicted octanol–water partition coefficient (Wildman–Crippen LogP) is -0.301. The Balaban J connectivity index is 1.34. The maximum atomic E-state index is 12.5. The summed E-state index contributed by atoms with van der Waals surface area (Å²) in [7, 11) is 0. The van der Waals surface area contributed by atoms with Gasteiger partial charge in [-0.1, -0.05) is 24.3 Å². The number of benzene rings is 1. The molecule has 0 aliphatic carbocycles. The van der Waals surface area contributed by atoms with E-state index in [-0.39, 0.29) is 17.7 Å². The molecule has 3 atom stereocenters. The highest BCUT2D eigenvalue weighted by atomic mass is 32.2. The molecule has 1 fully saturated rings. The molecule has 1 unspecified atom stereocenters. The number of hydrogen-bond donors (Lipinski definition) is 4. The highest BCUT2D eigenvalue weighted by Gasteiger charge is 2.34. The number of nitrogens with zero attached hydrogens (tertiary/aromatic N) is 2. The molecule has 0 radical (unpaired) electrons. The second-order valence-corrected chi connectivity index (χ2v) is 8.82. The molecule has 0 spiro atoms. The van der Waals surface area contributed by atoms with E-state index in [2.05, 4.69) is 15.5 Å². The van der Waals surface area contributed by atoms with Gasteiger partial charge < -0.3 is 30.6 Å². The van der Waals surface area contributed by atoms with Gasteiger partial charge >= 0.3 is 0 Å². The minimum absolute atomic E-state index is 0.0419. The van der Waals surface area contributed by atoms with E-state index in [9.17, 15) is 24.6 Å². The van der Waals surface area contributed by atoms with Crippen LogP contribution in [0.1, 0.15) is 12.8 Å². The number of amides is 3. The minimum Gasteiger partial charge on any atom is -0.380 e. The normalized spacial score (nSPS) is 20.0. The van der Waals surface area contributed by atoms with Crippen LogP contribution in [0.25, 0.3) is 0 Å². The molecule has 2 aliphatic heterocycles. The molecule has 1 saturated heterocycles. The molecule has 0 saturated carbocycles. The quantitative estimate of drug-likeness (QED) is 0.372. The number of rotatable bonds is 9. The zero-order chi connectivity index (χ0) is 22.9. The molecule has 2 aliphatic rings. The molecular weight excluding hydrogens is 432 g/mol. The fraction of sp³-hybridized carbons (Fsp3) is 0.500. The fourth-order valence-corrected chi connectivity index (χ4v) is 4.41. The number of aliphatic hydroxyl groups is 2. The van der Waals surface area contributed by atoms with E-state index in [1.54, 1.807) is 0 Å². The van der Waals surface area contributed by atoms with Gasteiger partial charge in [0, 0.05) is 45.0 Å². The average Bonchev–Trinajstić information content (AvgIpc) is 3.38. The molecule has 1 aromatic rings. The predicted molar refractivity (Wildman–Crippen MR) is 123 cm³/mol. The van der Waals surface area contributed by atoms with Crippen LogP contribution in [0.15, 0.2) is 41.8 Å². The maximum Gasteiger partial charge on any atom is 0.254 e. The molecule has 0 aromatic heterocycles. The van der Waals surface area contributed by atoms with Gasteiger partial charge in [0.1, 0.15) is 0 Å². The van der Waals surface area contributed by atoms with Crippen LogP contribution < -0.4 is 15.5 Å². The van der Waals surface area contributed by atoms with E-state index in [1.165, 1.54) is 16.7 Å². The first-order valence-electron chi connectivity index (χ1n) is 10.8. The third-order valence-electron chi connectivity index (χ3n) is 5.47. The summed E-state index contributed by atoms with van der Waals surface area (Å²) < 4.78 is 0. The standard InChI is InChI=1S/C22H30N4O5S/c27-18(21(30)24-10-5-9-23-20(29)17-8-4-15-32-17)19(28)22(31)26-13-11-25(12-14-26)16-6-2-1-3-7-16/h1-4,6-7,15,17-19,27-28H,5,8-14H2,(H,23,29)(H,24,30)/t17?,18-,19-/m1/s1. The lowest BCUT2D eigenvalue weighted by atomic mass is 10.1. The van der Waals surface area contributed by atoms with Crippen molar-refractivity contribution in [3.63, 3.8) is 0 Å². The molecule has 9 nitrogen and oxygen atoms in total. The van der Waals surface area contributed by atoms with E-state index < -0.39 is 24.0 Å². The topological polar surface area (TPSA) is 122 Å². The van der Waals surface area contributed by atoms with Crippen molar-refractivity contribution in [2.24, 2.45) is 0 Å². The Morgan fingerprint density at radius 1 is 1.00 bits per heavy atom. The Labute approximate surface area is 191 Å². The first-order chi connectivity index (χ1) is 15.5. The summed E-state index contributed by atoms with van der Waals surface area (Å²) in [5.41, 5.74) is 1.06. The van der Waals surface area contributed by atoms with Crippen molar-refractivity contribution >= 4 is 35.2 Å². The summed E-state index contributed by atoms with van der Waals surface area (Å²) in [6, 6.07) is 9.83. The molecule has 3 amide bonds. The van der Waals surface area contributed by atoms with Crippen molar-refractivity contribution in [1.29, 1.82) is 0 Å². The van der Waals surface area contributed by atoms with Crippen LogP contribution in [0.4, 0.5) is 5.69 Å². The number of carbonyl (C=O) groups is 3. The fourth-order valence-electron chi connectivity index (χ4n) is 3.57. The van der Waals surface area contributed by atoms with E-state index in [4.69, 9.17) is 0 Å². The Morgan fingerprint density at radius 2 is 1.69 bits per heavy atom. The van der Waals surface area contributed by atoms with Gasteiger partial charge in [0.05, 0.1) is 5.25 Å². The van der Waals surface area contributed by atoms with Crippen molar-refractivity contribution in [1.82, 2.24) is 15.5 Å². The first kappa shape index (κ1) is 24.1. The van der Waals surface area contributed by atoms with Gasteiger partial charge in [-0.3, -0.25) is 14.4 Å². The molecule has 1 aromatic carbocycles. The first-order valence-corrected chi connectivity index (χ1v) is 11.7. The van der Waals surface area contributed by atoms with Gasteiger partial charge in [0.15, 0.2) is 12.2 Å². The van der Waals surface area contributed by atoms with E-state index in [1.807, 2.05) is 41.8 Å². The van der Waals surface area contributed by atoms with Crippen LogP contribution in [0.5, 0.6) is 0 Å². The summed E-state index contributed by atoms with van der Waals surface area (Å²) in [4.78, 5) is 40.1. The number of nitrogens with one attached hydrogen (secondary N) is 2. The number of hydrogen-bond acceptors (Lipinski definition) is 7. The van der Waals surface area contributed by atoms with Gasteiger partial charge in [-0.15, -0.1) is 11.8 Å². The SMILES string of the molecule is O=C(NCCCNC(=O)[C@H](O)[C@@H](O)C(=O)N1CCN(c2ccccc2)CC1)C1CC=CS1. The third-order valence-corrected chi connectivity index (χ3v) is 6.55. The maximum absolute atomic E-state index is 12.5. The number of para-hydroxylation sites is 1. The lowest BCUT2D eigenvalue weighted by Crippen LogP contribution is -2.55. The second kappa shape index (κ2) is 11.9. The van der Waals surface area contributed by atoms with Crippen molar-refractivity contribution in [3.8, 4) is 0 Å². The number of carbonyl (C=O) groups excluding carboxylic acids is 3. The van der Waals surface area contributed by atoms with Crippen LogP contribution in [0.3, 0.4) is 0 Å². The summed E-state index contributed by atoms with van der Waals surface area (Å²) in [6.45, 7) is 2.60. The van der Waals surface area contributed by atoms with Crippen molar-refractivity contribution in [2.75, 3.05) is 44.2 Å². The lowest BCUT2D eigenvalue weighted by Gasteiger charge is -2.37. The number of anilines is 1. The highest BCUT2D eigenvalue weighted by molar-refractivity contribution is 8.03. The van der Waals surface area contributed by atoms with Crippen LogP contribution in [-0.4, -0.2) is 89.6 Å². The zero-order valence-corrected chi connectivity index (χ0v) is 18.7. The summed E-state index contributed by atoms with van der Waals surface area (Å²) >= 11 is 1.48. The molecular formula is C22H30N4O5S. The monoisotopic (exact) mass is 462 g/mol. The average molecular weight is 463 g/mol. The minimum atomic E-state index is -1.84. The molecule has 3 rings (SSSR count). The number of piperazine rings is 1. The van der Waals surface area contributed by atoms with Crippen LogP contribution >= 0.6 is 11.8 Å². The Hall–Kier alpha value is -2.56. The van der Waals surface area contributed by atoms with E-state index in [0.29, 0.717) is 45.6 Å². The Morgan fingerprint density at radius 3 is 2.34 bits per heavy atom. The number of thioether (sulfide) groups is 1. The summed E-state index contributed by atoms with van der Waals surface area (Å²) in [5.74, 6) is -1.51. The lowest BCUT2D eigenvalue weighted by molar-refractivity contribution is -0.153. The summed E-state index contributed by atoms with van der Waals surface area (Å²) in [5, 5.41) is 27.4. The van der Waals surface area contributed by atoms with Gasteiger partial charge in [-0.25, -0.2) is 0 Å². The molecule has 174 valence electrons. The molecule has 10 heteroatoms. The smallest absolute Gasteiger partial charge is 0.254 e. The summed E-state index contributed by atoms with van der Waals surface area (Å²) in [6.07, 6.45) is -0.519. The number of allylic oxidation sites excluding steroid dienone is 1. The van der Waals surface area contributed by atoms with Crippen molar-refractivity contribution in [3.05, 3.63) is 41.8 Å². The van der Waals surface area contributed by atoms with Gasteiger partial charge in [-0.05, 0) is 30.4 Å². The Bertz CT molecular complexity index is 806. The van der Waals surface area contributed by atoms with Crippen LogP contribution in [-0.2, 0) is 14.4 Å². The third kappa shape index (κ3) is 6.47. The van der Waals surface area contributed by atoms with Crippen molar-refractivity contribution < 1.29 is 24.6 Å². The van der Waals surface area contributed by atoms with Crippen LogP contribution in [0, 0.1) is 0 Å². The molecule has 2 heterocycles. The zero-order valence-electron chi connectivity index (χ0n) is 17.9. The molecule has 4 N–H and O–H groups in total. The largest absolute Gasteiger partial charge is 0.380 e. The van der Waals surface area contributed by atoms with Gasteiger partial charge in [0.25, 0.3) is 11.8 Å². The van der Waals surface area contributed by atoms with E-state index >= 15 is 0 Å². The number of aliphatic hydroxyl groups excluding tert-OH is 2. The van der Waals surface area contributed by atoms with E-state index in [0.717, 1.165) is 5.69 Å². The second-order valence-electron chi connectivity index (χ2n) is 7.71. The molecule has 0 bridgehead atoms. The van der Waals surface area contributed by atoms with Crippen molar-refractivity contribution in [2.45, 2.75) is 30.3 Å². The van der Waals surface area contributed by atoms with Crippen LogP contribution in [0.2, 0.25) is 0 Å². The Kier molecular flexibility index (Phi) is 8.95. The molecule has 32 heavy (non-hydrogen) atoms. The highest BCUT2D eigenvalue weighted by Crippen LogP contribution is 2.23. The van der Waals surface area contributed by atoms with Gasteiger partial charge in [0.2, 0.25) is 5.91 Å². The van der Waals surface area contributed by atoms with Gasteiger partial charge in [-0.2, -0.15) is 0 Å².